The maximum absolute atomic E-state index is 10.3. The summed E-state index contributed by atoms with van der Waals surface area (Å²) in [6.07, 6.45) is 5.48. The molecule has 0 amide bonds. The monoisotopic (exact) mass is 353 g/mol. The summed E-state index contributed by atoms with van der Waals surface area (Å²) in [4.78, 5) is 8.59. The Hall–Kier alpha value is -1.21. The van der Waals surface area contributed by atoms with Crippen LogP contribution < -0.4 is 5.32 Å². The van der Waals surface area contributed by atoms with Gasteiger partial charge in [0.1, 0.15) is 16.7 Å². The van der Waals surface area contributed by atoms with Crippen LogP contribution in [0.15, 0.2) is 10.9 Å². The second kappa shape index (κ2) is 5.53. The summed E-state index contributed by atoms with van der Waals surface area (Å²) in [5, 5.41) is 18.9. The molecule has 2 heterocycles. The Labute approximate surface area is 132 Å². The van der Waals surface area contributed by atoms with Gasteiger partial charge < -0.3 is 10.4 Å². The van der Waals surface area contributed by atoms with Gasteiger partial charge in [-0.2, -0.15) is 5.10 Å². The van der Waals surface area contributed by atoms with E-state index in [0.29, 0.717) is 6.54 Å². The molecule has 0 aromatic carbocycles. The van der Waals surface area contributed by atoms with Crippen molar-refractivity contribution < 1.29 is 5.11 Å². The molecule has 6 nitrogen and oxygen atoms in total. The van der Waals surface area contributed by atoms with Crippen LogP contribution in [0.25, 0.3) is 11.0 Å². The van der Waals surface area contributed by atoms with Crippen LogP contribution in [-0.2, 0) is 7.05 Å². The lowest BCUT2D eigenvalue weighted by Gasteiger charge is -2.38. The predicted octanol–water partition coefficient (Wildman–Crippen LogP) is 2.48. The molecule has 2 atom stereocenters. The van der Waals surface area contributed by atoms with Gasteiger partial charge in [-0.1, -0.05) is 19.8 Å². The zero-order valence-electron chi connectivity index (χ0n) is 12.3. The highest BCUT2D eigenvalue weighted by atomic mass is 79.9. The Kier molecular flexibility index (Phi) is 3.88. The van der Waals surface area contributed by atoms with Gasteiger partial charge in [-0.05, 0) is 28.8 Å². The van der Waals surface area contributed by atoms with Gasteiger partial charge in [-0.25, -0.2) is 14.6 Å². The van der Waals surface area contributed by atoms with Gasteiger partial charge in [-0.3, -0.25) is 0 Å². The third kappa shape index (κ3) is 2.64. The van der Waals surface area contributed by atoms with Crippen LogP contribution in [-0.4, -0.2) is 37.5 Å². The van der Waals surface area contributed by atoms with Gasteiger partial charge in [0.25, 0.3) is 0 Å². The van der Waals surface area contributed by atoms with Crippen molar-refractivity contribution >= 4 is 32.8 Å². The molecule has 21 heavy (non-hydrogen) atoms. The van der Waals surface area contributed by atoms with Crippen molar-refractivity contribution in [3.8, 4) is 0 Å². The van der Waals surface area contributed by atoms with Gasteiger partial charge in [0, 0.05) is 19.0 Å². The van der Waals surface area contributed by atoms with Crippen molar-refractivity contribution in [1.29, 1.82) is 0 Å². The number of hydrogen-bond acceptors (Lipinski definition) is 5. The molecule has 0 bridgehead atoms. The molecule has 1 saturated carbocycles. The SMILES string of the molecule is Cn1nc(Br)c2c(NCC3(C)CCCCC3O)ncnc21. The van der Waals surface area contributed by atoms with Crippen molar-refractivity contribution in [2.24, 2.45) is 12.5 Å². The number of hydrogen-bond donors (Lipinski definition) is 2. The largest absolute Gasteiger partial charge is 0.392 e. The second-order valence-corrected chi connectivity index (χ2v) is 6.86. The van der Waals surface area contributed by atoms with Gasteiger partial charge in [0.2, 0.25) is 0 Å². The van der Waals surface area contributed by atoms with Gasteiger partial charge in [0.15, 0.2) is 5.65 Å². The second-order valence-electron chi connectivity index (χ2n) is 6.10. The highest BCUT2D eigenvalue weighted by molar-refractivity contribution is 9.10. The first kappa shape index (κ1) is 14.7. The molecule has 2 unspecified atom stereocenters. The maximum atomic E-state index is 10.3. The molecule has 0 spiro atoms. The average Bonchev–Trinajstić information content (AvgIpc) is 2.76. The summed E-state index contributed by atoms with van der Waals surface area (Å²) in [6, 6.07) is 0. The van der Waals surface area contributed by atoms with Crippen molar-refractivity contribution in [1.82, 2.24) is 19.7 Å². The topological polar surface area (TPSA) is 75.9 Å². The Morgan fingerprint density at radius 3 is 3.05 bits per heavy atom. The minimum Gasteiger partial charge on any atom is -0.392 e. The molecule has 2 aromatic heterocycles. The number of nitrogens with zero attached hydrogens (tertiary/aromatic N) is 4. The van der Waals surface area contributed by atoms with E-state index < -0.39 is 0 Å². The van der Waals surface area contributed by atoms with Crippen molar-refractivity contribution in [3.05, 3.63) is 10.9 Å². The van der Waals surface area contributed by atoms with E-state index in [2.05, 4.69) is 43.2 Å². The fraction of sp³-hybridized carbons (Fsp3) is 0.643. The van der Waals surface area contributed by atoms with E-state index in [-0.39, 0.29) is 11.5 Å². The van der Waals surface area contributed by atoms with Crippen LogP contribution in [0.5, 0.6) is 0 Å². The summed E-state index contributed by atoms with van der Waals surface area (Å²) in [5.41, 5.74) is 0.679. The molecule has 2 N–H and O–H groups in total. The number of aryl methyl sites for hydroxylation is 1. The predicted molar refractivity (Wildman–Crippen MR) is 85.1 cm³/mol. The highest BCUT2D eigenvalue weighted by Crippen LogP contribution is 2.37. The van der Waals surface area contributed by atoms with Crippen molar-refractivity contribution in [2.75, 3.05) is 11.9 Å². The normalized spacial score (nSPS) is 26.2. The zero-order chi connectivity index (χ0) is 15.0. The lowest BCUT2D eigenvalue weighted by molar-refractivity contribution is 0.00960. The number of aromatic nitrogens is 4. The van der Waals surface area contributed by atoms with Gasteiger partial charge >= 0.3 is 0 Å². The highest BCUT2D eigenvalue weighted by Gasteiger charge is 2.35. The zero-order valence-corrected chi connectivity index (χ0v) is 13.9. The summed E-state index contributed by atoms with van der Waals surface area (Å²) in [5.74, 6) is 0.763. The standard InChI is InChI=1S/C14H20BrN5O/c1-14(6-4-3-5-9(14)21)7-16-12-10-11(15)19-20(2)13(10)18-8-17-12/h8-9,21H,3-7H2,1-2H3,(H,16,17,18). The minimum atomic E-state index is -0.256. The summed E-state index contributed by atoms with van der Waals surface area (Å²) in [6.45, 7) is 2.84. The maximum Gasteiger partial charge on any atom is 0.164 e. The number of halogens is 1. The first-order valence-electron chi connectivity index (χ1n) is 7.26. The smallest absolute Gasteiger partial charge is 0.164 e. The van der Waals surface area contributed by atoms with E-state index in [1.807, 2.05) is 7.05 Å². The van der Waals surface area contributed by atoms with Crippen molar-refractivity contribution in [3.63, 3.8) is 0 Å². The van der Waals surface area contributed by atoms with E-state index >= 15 is 0 Å². The Balaban J connectivity index is 1.85. The number of fused-ring (bicyclic) bond motifs is 1. The molecule has 7 heteroatoms. The van der Waals surface area contributed by atoms with Crippen molar-refractivity contribution in [2.45, 2.75) is 38.7 Å². The van der Waals surface area contributed by atoms with Gasteiger partial charge in [0.05, 0.1) is 11.5 Å². The van der Waals surface area contributed by atoms with Crippen LogP contribution in [0.1, 0.15) is 32.6 Å². The molecule has 1 aliphatic rings. The van der Waals surface area contributed by atoms with Crippen LogP contribution in [0.3, 0.4) is 0 Å². The molecule has 2 aromatic rings. The van der Waals surface area contributed by atoms with E-state index in [4.69, 9.17) is 0 Å². The molecule has 0 aliphatic heterocycles. The number of rotatable bonds is 3. The molecule has 114 valence electrons. The number of nitrogens with one attached hydrogen (secondary N) is 1. The lowest BCUT2D eigenvalue weighted by Crippen LogP contribution is -2.41. The summed E-state index contributed by atoms with van der Waals surface area (Å²) < 4.78 is 2.46. The fourth-order valence-corrected chi connectivity index (χ4v) is 3.65. The van der Waals surface area contributed by atoms with Crippen LogP contribution in [0.4, 0.5) is 5.82 Å². The van der Waals surface area contributed by atoms with Crippen LogP contribution in [0.2, 0.25) is 0 Å². The molecule has 1 fully saturated rings. The third-order valence-electron chi connectivity index (χ3n) is 4.52. The molecular formula is C14H20BrN5O. The molecule has 1 aliphatic carbocycles. The number of aliphatic hydroxyl groups is 1. The van der Waals surface area contributed by atoms with Crippen LogP contribution in [0, 0.1) is 5.41 Å². The summed E-state index contributed by atoms with van der Waals surface area (Å²) >= 11 is 3.46. The molecule has 3 rings (SSSR count). The average molecular weight is 354 g/mol. The minimum absolute atomic E-state index is 0.107. The Bertz CT molecular complexity index is 658. The van der Waals surface area contributed by atoms with E-state index in [1.165, 1.54) is 6.42 Å². The molecule has 0 saturated heterocycles. The third-order valence-corrected chi connectivity index (χ3v) is 5.07. The number of anilines is 1. The summed E-state index contributed by atoms with van der Waals surface area (Å²) in [7, 11) is 1.86. The fourth-order valence-electron chi connectivity index (χ4n) is 3.05. The first-order chi connectivity index (χ1) is 10.0. The molecular weight excluding hydrogens is 334 g/mol. The number of aliphatic hydroxyl groups excluding tert-OH is 1. The van der Waals surface area contributed by atoms with Crippen LogP contribution >= 0.6 is 15.9 Å². The van der Waals surface area contributed by atoms with E-state index in [9.17, 15) is 5.11 Å². The first-order valence-corrected chi connectivity index (χ1v) is 8.06. The Morgan fingerprint density at radius 1 is 1.48 bits per heavy atom. The lowest BCUT2D eigenvalue weighted by atomic mass is 9.73. The van der Waals surface area contributed by atoms with Gasteiger partial charge in [-0.15, -0.1) is 0 Å². The van der Waals surface area contributed by atoms with E-state index in [1.54, 1.807) is 11.0 Å². The quantitative estimate of drug-likeness (QED) is 0.886. The van der Waals surface area contributed by atoms with E-state index in [0.717, 1.165) is 40.7 Å². The Morgan fingerprint density at radius 2 is 2.29 bits per heavy atom. The molecule has 0 radical (unpaired) electrons.